The van der Waals surface area contributed by atoms with E-state index in [1.54, 1.807) is 7.11 Å². The van der Waals surface area contributed by atoms with E-state index in [1.807, 2.05) is 42.5 Å². The smallest absolute Gasteiger partial charge is 0.239 e. The van der Waals surface area contributed by atoms with Crippen LogP contribution in [0, 0.1) is 0 Å². The van der Waals surface area contributed by atoms with Gasteiger partial charge in [-0.15, -0.1) is 0 Å². The number of benzene rings is 2. The summed E-state index contributed by atoms with van der Waals surface area (Å²) in [5.41, 5.74) is 2.17. The minimum Gasteiger partial charge on any atom is -0.497 e. The Bertz CT molecular complexity index is 585. The summed E-state index contributed by atoms with van der Waals surface area (Å²) >= 11 is 0. The van der Waals surface area contributed by atoms with Gasteiger partial charge in [0.15, 0.2) is 0 Å². The van der Waals surface area contributed by atoms with E-state index in [-0.39, 0.29) is 12.5 Å². The number of anilines is 1. The van der Waals surface area contributed by atoms with E-state index in [1.165, 1.54) is 5.56 Å². The number of hydrogen-bond acceptors (Lipinski definition) is 3. The molecule has 0 saturated carbocycles. The van der Waals surface area contributed by atoms with Gasteiger partial charge in [0.1, 0.15) is 5.75 Å². The molecule has 2 aromatic rings. The number of methoxy groups -OCH3 is 1. The largest absolute Gasteiger partial charge is 0.497 e. The van der Waals surface area contributed by atoms with Gasteiger partial charge in [0.25, 0.3) is 0 Å². The van der Waals surface area contributed by atoms with Crippen molar-refractivity contribution >= 4 is 11.6 Å². The number of amides is 1. The fraction of sp³-hybridized carbons (Fsp3) is 0.278. The number of rotatable bonds is 8. The molecule has 22 heavy (non-hydrogen) atoms. The molecule has 2 rings (SSSR count). The summed E-state index contributed by atoms with van der Waals surface area (Å²) in [7, 11) is 1.62. The van der Waals surface area contributed by atoms with Gasteiger partial charge < -0.3 is 15.4 Å². The topological polar surface area (TPSA) is 50.4 Å². The van der Waals surface area contributed by atoms with Gasteiger partial charge in [0, 0.05) is 18.3 Å². The Morgan fingerprint density at radius 2 is 1.91 bits per heavy atom. The van der Waals surface area contributed by atoms with Crippen LogP contribution in [0.2, 0.25) is 0 Å². The summed E-state index contributed by atoms with van der Waals surface area (Å²) in [6.07, 6.45) is 1.92. The molecule has 2 N–H and O–H groups in total. The minimum atomic E-state index is -0.00381. The molecular formula is C18H22N2O2. The van der Waals surface area contributed by atoms with Crippen LogP contribution in [-0.4, -0.2) is 26.1 Å². The molecule has 4 nitrogen and oxygen atoms in total. The summed E-state index contributed by atoms with van der Waals surface area (Å²) in [6.45, 7) is 0.950. The molecule has 0 heterocycles. The third kappa shape index (κ3) is 5.48. The second-order valence-electron chi connectivity index (χ2n) is 5.02. The molecular weight excluding hydrogens is 276 g/mol. The van der Waals surface area contributed by atoms with Gasteiger partial charge in [-0.1, -0.05) is 36.4 Å². The number of carbonyl (C=O) groups is 1. The maximum absolute atomic E-state index is 11.8. The molecule has 1 amide bonds. The predicted octanol–water partition coefficient (Wildman–Crippen LogP) is 2.86. The first-order valence-electron chi connectivity index (χ1n) is 7.46. The van der Waals surface area contributed by atoms with Crippen LogP contribution in [0.25, 0.3) is 0 Å². The molecule has 0 atom stereocenters. The third-order valence-electron chi connectivity index (χ3n) is 3.33. The van der Waals surface area contributed by atoms with Crippen LogP contribution in [0.3, 0.4) is 0 Å². The highest BCUT2D eigenvalue weighted by atomic mass is 16.5. The molecule has 116 valence electrons. The van der Waals surface area contributed by atoms with Crippen molar-refractivity contribution in [2.75, 3.05) is 25.5 Å². The zero-order chi connectivity index (χ0) is 15.6. The summed E-state index contributed by atoms with van der Waals surface area (Å²) in [5.74, 6) is 0.768. The van der Waals surface area contributed by atoms with Crippen molar-refractivity contribution in [3.8, 4) is 5.75 Å². The standard InChI is InChI=1S/C18H22N2O2/c1-22-17-11-5-10-16(13-17)20-14-18(21)19-12-6-9-15-7-3-2-4-8-15/h2-5,7-8,10-11,13,20H,6,9,12,14H2,1H3,(H,19,21). The molecule has 0 radical (unpaired) electrons. The fourth-order valence-corrected chi connectivity index (χ4v) is 2.14. The van der Waals surface area contributed by atoms with Crippen molar-refractivity contribution in [3.05, 3.63) is 60.2 Å². The number of carbonyl (C=O) groups excluding carboxylic acids is 1. The van der Waals surface area contributed by atoms with Crippen LogP contribution < -0.4 is 15.4 Å². The zero-order valence-electron chi connectivity index (χ0n) is 12.8. The van der Waals surface area contributed by atoms with Gasteiger partial charge in [-0.05, 0) is 30.5 Å². The molecule has 0 spiro atoms. The van der Waals surface area contributed by atoms with Crippen molar-refractivity contribution < 1.29 is 9.53 Å². The number of aryl methyl sites for hydroxylation is 1. The Morgan fingerprint density at radius 3 is 2.68 bits per heavy atom. The summed E-state index contributed by atoms with van der Waals surface area (Å²) in [5, 5.41) is 6.00. The van der Waals surface area contributed by atoms with Crippen LogP contribution in [0.1, 0.15) is 12.0 Å². The Kier molecular flexibility index (Phi) is 6.30. The second kappa shape index (κ2) is 8.72. The third-order valence-corrected chi connectivity index (χ3v) is 3.33. The quantitative estimate of drug-likeness (QED) is 0.737. The van der Waals surface area contributed by atoms with Gasteiger partial charge >= 0.3 is 0 Å². The zero-order valence-corrected chi connectivity index (χ0v) is 12.8. The van der Waals surface area contributed by atoms with E-state index in [0.717, 1.165) is 24.3 Å². The van der Waals surface area contributed by atoms with Gasteiger partial charge in [-0.2, -0.15) is 0 Å². The van der Waals surface area contributed by atoms with Crippen LogP contribution in [-0.2, 0) is 11.2 Å². The normalized spacial score (nSPS) is 10.0. The van der Waals surface area contributed by atoms with Crippen molar-refractivity contribution in [1.29, 1.82) is 0 Å². The number of hydrogen-bond donors (Lipinski definition) is 2. The van der Waals surface area contributed by atoms with E-state index in [9.17, 15) is 4.79 Å². The van der Waals surface area contributed by atoms with Gasteiger partial charge in [0.05, 0.1) is 13.7 Å². The van der Waals surface area contributed by atoms with Crippen LogP contribution in [0.5, 0.6) is 5.75 Å². The van der Waals surface area contributed by atoms with Gasteiger partial charge in [-0.25, -0.2) is 0 Å². The highest BCUT2D eigenvalue weighted by Crippen LogP contribution is 2.16. The van der Waals surface area contributed by atoms with Crippen molar-refractivity contribution in [3.63, 3.8) is 0 Å². The lowest BCUT2D eigenvalue weighted by Crippen LogP contribution is -2.30. The van der Waals surface area contributed by atoms with Gasteiger partial charge in [-0.3, -0.25) is 4.79 Å². The van der Waals surface area contributed by atoms with E-state index in [4.69, 9.17) is 4.74 Å². The lowest BCUT2D eigenvalue weighted by Gasteiger charge is -2.09. The first-order chi connectivity index (χ1) is 10.8. The van der Waals surface area contributed by atoms with Crippen LogP contribution >= 0.6 is 0 Å². The maximum atomic E-state index is 11.8. The van der Waals surface area contributed by atoms with E-state index in [2.05, 4.69) is 22.8 Å². The first kappa shape index (κ1) is 15.9. The van der Waals surface area contributed by atoms with Gasteiger partial charge in [0.2, 0.25) is 5.91 Å². The molecule has 2 aromatic carbocycles. The summed E-state index contributed by atoms with van der Waals surface area (Å²) in [4.78, 5) is 11.8. The Balaban J connectivity index is 1.63. The molecule has 0 bridgehead atoms. The fourth-order valence-electron chi connectivity index (χ4n) is 2.14. The highest BCUT2D eigenvalue weighted by molar-refractivity contribution is 5.80. The van der Waals surface area contributed by atoms with Crippen molar-refractivity contribution in [2.45, 2.75) is 12.8 Å². The van der Waals surface area contributed by atoms with Crippen LogP contribution in [0.4, 0.5) is 5.69 Å². The molecule has 4 heteroatoms. The van der Waals surface area contributed by atoms with E-state index in [0.29, 0.717) is 6.54 Å². The van der Waals surface area contributed by atoms with E-state index < -0.39 is 0 Å². The van der Waals surface area contributed by atoms with E-state index >= 15 is 0 Å². The van der Waals surface area contributed by atoms with Crippen molar-refractivity contribution in [1.82, 2.24) is 5.32 Å². The average molecular weight is 298 g/mol. The second-order valence-corrected chi connectivity index (χ2v) is 5.02. The molecule has 0 aliphatic heterocycles. The molecule has 0 aromatic heterocycles. The summed E-state index contributed by atoms with van der Waals surface area (Å²) < 4.78 is 5.14. The monoisotopic (exact) mass is 298 g/mol. The predicted molar refractivity (Wildman–Crippen MR) is 89.3 cm³/mol. The maximum Gasteiger partial charge on any atom is 0.239 e. The average Bonchev–Trinajstić information content (AvgIpc) is 2.58. The first-order valence-corrected chi connectivity index (χ1v) is 7.46. The Hall–Kier alpha value is -2.49. The lowest BCUT2D eigenvalue weighted by atomic mass is 10.1. The number of nitrogens with one attached hydrogen (secondary N) is 2. The lowest BCUT2D eigenvalue weighted by molar-refractivity contribution is -0.119. The molecule has 0 saturated heterocycles. The highest BCUT2D eigenvalue weighted by Gasteiger charge is 2.01. The molecule has 0 aliphatic rings. The molecule has 0 aliphatic carbocycles. The van der Waals surface area contributed by atoms with Crippen molar-refractivity contribution in [2.24, 2.45) is 0 Å². The number of ether oxygens (including phenoxy) is 1. The van der Waals surface area contributed by atoms with Crippen LogP contribution in [0.15, 0.2) is 54.6 Å². The molecule has 0 unspecified atom stereocenters. The SMILES string of the molecule is COc1cccc(NCC(=O)NCCCc2ccccc2)c1. The Labute approximate surface area is 131 Å². The Morgan fingerprint density at radius 1 is 1.09 bits per heavy atom. The summed E-state index contributed by atoms with van der Waals surface area (Å²) in [6, 6.07) is 17.8. The molecule has 0 fully saturated rings. The minimum absolute atomic E-state index is 0.00381.